The van der Waals surface area contributed by atoms with Crippen molar-refractivity contribution < 1.29 is 9.53 Å². The number of esters is 1. The van der Waals surface area contributed by atoms with Gasteiger partial charge in [0.15, 0.2) is 11.5 Å². The molecule has 11 heteroatoms. The van der Waals surface area contributed by atoms with Crippen LogP contribution in [-0.2, 0) is 21.5 Å². The molecule has 0 bridgehead atoms. The Balaban J connectivity index is 1.53. The number of rotatable bonds is 8. The lowest BCUT2D eigenvalue weighted by molar-refractivity contribution is -0.146. The molecular weight excluding hydrogens is 520 g/mol. The van der Waals surface area contributed by atoms with Gasteiger partial charge in [0.2, 0.25) is 5.95 Å². The highest BCUT2D eigenvalue weighted by Gasteiger charge is 2.33. The molecule has 0 radical (unpaired) electrons. The third-order valence-electron chi connectivity index (χ3n) is 7.56. The largest absolute Gasteiger partial charge is 0.468 e. The fourth-order valence-corrected chi connectivity index (χ4v) is 5.12. The van der Waals surface area contributed by atoms with Crippen LogP contribution in [0.25, 0.3) is 16.9 Å². The van der Waals surface area contributed by atoms with E-state index < -0.39 is 11.4 Å². The molecule has 1 aromatic carbocycles. The number of benzene rings is 1. The molecule has 4 heterocycles. The molecule has 0 spiro atoms. The molecule has 214 valence electrons. The minimum Gasteiger partial charge on any atom is -0.468 e. The van der Waals surface area contributed by atoms with E-state index in [0.29, 0.717) is 28.5 Å². The lowest BCUT2D eigenvalue weighted by atomic mass is 9.89. The van der Waals surface area contributed by atoms with Gasteiger partial charge in [-0.1, -0.05) is 12.1 Å². The minimum atomic E-state index is -0.993. The van der Waals surface area contributed by atoms with Gasteiger partial charge in [-0.15, -0.1) is 6.58 Å². The summed E-state index contributed by atoms with van der Waals surface area (Å²) in [4.78, 5) is 44.5. The smallest absolute Gasteiger partial charge is 0.317 e. The molecule has 5 rings (SSSR count). The molecule has 11 nitrogen and oxygen atoms in total. The van der Waals surface area contributed by atoms with Gasteiger partial charge in [-0.3, -0.25) is 9.59 Å². The Morgan fingerprint density at radius 1 is 1.15 bits per heavy atom. The van der Waals surface area contributed by atoms with E-state index in [1.54, 1.807) is 42.8 Å². The van der Waals surface area contributed by atoms with Crippen LogP contribution in [0.2, 0.25) is 0 Å². The Bertz CT molecular complexity index is 1660. The monoisotopic (exact) mass is 556 g/mol. The number of methoxy groups -OCH3 is 1. The van der Waals surface area contributed by atoms with Crippen molar-refractivity contribution in [3.8, 4) is 5.82 Å². The van der Waals surface area contributed by atoms with Gasteiger partial charge in [0.25, 0.3) is 5.56 Å². The maximum atomic E-state index is 13.4. The highest BCUT2D eigenvalue weighted by Crippen LogP contribution is 2.27. The molecule has 0 atom stereocenters. The van der Waals surface area contributed by atoms with Gasteiger partial charge in [0, 0.05) is 43.8 Å². The first-order chi connectivity index (χ1) is 19.6. The topological polar surface area (TPSA) is 110 Å². The fraction of sp³-hybridized carbons (Fsp3) is 0.367. The zero-order chi connectivity index (χ0) is 29.3. The van der Waals surface area contributed by atoms with Crippen LogP contribution in [0.1, 0.15) is 25.1 Å². The molecule has 3 aromatic heterocycles. The van der Waals surface area contributed by atoms with Crippen molar-refractivity contribution in [1.82, 2.24) is 29.2 Å². The molecule has 1 N–H and O–H groups in total. The molecule has 0 aliphatic carbocycles. The van der Waals surface area contributed by atoms with E-state index in [1.165, 1.54) is 23.7 Å². The second kappa shape index (κ2) is 11.2. The number of carbonyl (C=O) groups is 1. The van der Waals surface area contributed by atoms with Crippen LogP contribution in [0.4, 0.5) is 17.3 Å². The summed E-state index contributed by atoms with van der Waals surface area (Å²) in [5.74, 6) is 0.371. The highest BCUT2D eigenvalue weighted by molar-refractivity contribution is 5.81. The van der Waals surface area contributed by atoms with Crippen molar-refractivity contribution >= 4 is 34.3 Å². The number of fused-ring (bicyclic) bond motifs is 1. The molecule has 1 fully saturated rings. The third-order valence-corrected chi connectivity index (χ3v) is 7.56. The van der Waals surface area contributed by atoms with E-state index in [0.717, 1.165) is 37.4 Å². The molecule has 1 saturated heterocycles. The standard InChI is InChI=1S/C30H36N8O3/c1-7-13-37-27(39)22-19-31-29(32-21-11-12-23(20(2)18-21)36-16-14-35(5)15-17-36)34-26(22)38(37)25-10-8-9-24(33-25)30(3,4)28(40)41-6/h7-12,18-19H,1,13-17H2,2-6H3,(H,31,32,34). The number of nitrogens with one attached hydrogen (secondary N) is 1. The van der Waals surface area contributed by atoms with Crippen molar-refractivity contribution in [2.24, 2.45) is 0 Å². The summed E-state index contributed by atoms with van der Waals surface area (Å²) in [6.07, 6.45) is 3.16. The van der Waals surface area contributed by atoms with Crippen LogP contribution in [-0.4, -0.2) is 75.5 Å². The second-order valence-corrected chi connectivity index (χ2v) is 10.8. The zero-order valence-electron chi connectivity index (χ0n) is 24.2. The molecule has 0 amide bonds. The average Bonchev–Trinajstić information content (AvgIpc) is 3.24. The fourth-order valence-electron chi connectivity index (χ4n) is 5.12. The quantitative estimate of drug-likeness (QED) is 0.258. The van der Waals surface area contributed by atoms with Gasteiger partial charge in [-0.25, -0.2) is 19.3 Å². The number of hydrogen-bond donors (Lipinski definition) is 1. The van der Waals surface area contributed by atoms with Crippen LogP contribution < -0.4 is 15.8 Å². The van der Waals surface area contributed by atoms with Gasteiger partial charge in [0.1, 0.15) is 10.8 Å². The van der Waals surface area contributed by atoms with E-state index in [2.05, 4.69) is 52.8 Å². The Labute approximate surface area is 239 Å². The molecular formula is C30H36N8O3. The molecule has 4 aromatic rings. The number of hydrogen-bond acceptors (Lipinski definition) is 9. The summed E-state index contributed by atoms with van der Waals surface area (Å²) in [7, 11) is 3.50. The van der Waals surface area contributed by atoms with Crippen molar-refractivity contribution in [3.05, 3.63) is 76.9 Å². The van der Waals surface area contributed by atoms with Crippen LogP contribution in [0.5, 0.6) is 0 Å². The number of allylic oxidation sites excluding steroid dienone is 1. The molecule has 0 saturated carbocycles. The van der Waals surface area contributed by atoms with Gasteiger partial charge in [0.05, 0.1) is 19.3 Å². The number of likely N-dealkylation sites (N-methyl/N-ethyl adjacent to an activating group) is 1. The van der Waals surface area contributed by atoms with E-state index in [1.807, 2.05) is 6.07 Å². The number of aromatic nitrogens is 5. The van der Waals surface area contributed by atoms with E-state index in [4.69, 9.17) is 14.7 Å². The Kier molecular flexibility index (Phi) is 7.63. The van der Waals surface area contributed by atoms with Crippen molar-refractivity contribution in [1.29, 1.82) is 0 Å². The van der Waals surface area contributed by atoms with E-state index >= 15 is 0 Å². The normalized spacial score (nSPS) is 14.3. The number of carbonyl (C=O) groups excluding carboxylic acids is 1. The van der Waals surface area contributed by atoms with Crippen LogP contribution in [0.3, 0.4) is 0 Å². The lowest BCUT2D eigenvalue weighted by Gasteiger charge is -2.35. The molecule has 41 heavy (non-hydrogen) atoms. The number of aryl methyl sites for hydroxylation is 1. The predicted molar refractivity (Wildman–Crippen MR) is 160 cm³/mol. The summed E-state index contributed by atoms with van der Waals surface area (Å²) in [5, 5.41) is 3.64. The average molecular weight is 557 g/mol. The van der Waals surface area contributed by atoms with Crippen molar-refractivity contribution in [2.45, 2.75) is 32.7 Å². The second-order valence-electron chi connectivity index (χ2n) is 10.8. The zero-order valence-corrected chi connectivity index (χ0v) is 24.2. The summed E-state index contributed by atoms with van der Waals surface area (Å²) < 4.78 is 8.14. The van der Waals surface area contributed by atoms with Gasteiger partial charge in [-0.2, -0.15) is 4.98 Å². The van der Waals surface area contributed by atoms with E-state index in [-0.39, 0.29) is 12.1 Å². The van der Waals surface area contributed by atoms with Crippen LogP contribution in [0.15, 0.2) is 60.0 Å². The van der Waals surface area contributed by atoms with Crippen molar-refractivity contribution in [3.63, 3.8) is 0 Å². The van der Waals surface area contributed by atoms with Crippen molar-refractivity contribution in [2.75, 3.05) is 50.6 Å². The summed E-state index contributed by atoms with van der Waals surface area (Å²) in [6, 6.07) is 11.5. The maximum Gasteiger partial charge on any atom is 0.317 e. The first-order valence-corrected chi connectivity index (χ1v) is 13.6. The maximum absolute atomic E-state index is 13.4. The molecule has 1 aliphatic heterocycles. The Morgan fingerprint density at radius 2 is 1.90 bits per heavy atom. The lowest BCUT2D eigenvalue weighted by Crippen LogP contribution is -2.44. The van der Waals surface area contributed by atoms with Gasteiger partial charge >= 0.3 is 5.97 Å². The SMILES string of the molecule is C=CCn1c(=O)c2cnc(Nc3ccc(N4CCN(C)CC4)c(C)c3)nc2n1-c1cccc(C(C)(C)C(=O)OC)n1. The summed E-state index contributed by atoms with van der Waals surface area (Å²) in [5.41, 5.74) is 2.86. The first-order valence-electron chi connectivity index (χ1n) is 13.6. The van der Waals surface area contributed by atoms with Gasteiger partial charge in [-0.05, 0) is 63.7 Å². The summed E-state index contributed by atoms with van der Waals surface area (Å²) in [6.45, 7) is 13.7. The molecule has 0 unspecified atom stereocenters. The number of piperazine rings is 1. The van der Waals surface area contributed by atoms with Gasteiger partial charge < -0.3 is 19.9 Å². The number of ether oxygens (including phenoxy) is 1. The number of anilines is 3. The number of nitrogens with zero attached hydrogens (tertiary/aromatic N) is 7. The number of pyridine rings is 1. The third kappa shape index (κ3) is 5.32. The minimum absolute atomic E-state index is 0.233. The van der Waals surface area contributed by atoms with E-state index in [9.17, 15) is 9.59 Å². The Hall–Kier alpha value is -4.51. The first kappa shape index (κ1) is 28.0. The summed E-state index contributed by atoms with van der Waals surface area (Å²) >= 11 is 0. The molecule has 1 aliphatic rings. The van der Waals surface area contributed by atoms with Crippen LogP contribution in [0, 0.1) is 6.92 Å². The Morgan fingerprint density at radius 3 is 2.59 bits per heavy atom. The van der Waals surface area contributed by atoms with Crippen LogP contribution >= 0.6 is 0 Å². The predicted octanol–water partition coefficient (Wildman–Crippen LogP) is 3.42. The highest BCUT2D eigenvalue weighted by atomic mass is 16.5.